The summed E-state index contributed by atoms with van der Waals surface area (Å²) < 4.78 is 39.8. The van der Waals surface area contributed by atoms with Gasteiger partial charge < -0.3 is 14.9 Å². The first-order chi connectivity index (χ1) is 9.95. The molecule has 0 rings (SSSR count). The summed E-state index contributed by atoms with van der Waals surface area (Å²) in [6, 6.07) is 0. The quantitative estimate of drug-likeness (QED) is 0.435. The fraction of sp³-hybridized carbons (Fsp3) is 0.923. The van der Waals surface area contributed by atoms with Crippen molar-refractivity contribution in [1.82, 2.24) is 0 Å². The number of aliphatic hydroxyl groups is 2. The van der Waals surface area contributed by atoms with Crippen molar-refractivity contribution < 1.29 is 26.6 Å². The lowest BCUT2D eigenvalue weighted by Crippen LogP contribution is -2.21. The molecule has 4 heteroatoms. The van der Waals surface area contributed by atoms with Gasteiger partial charge in [0.05, 0.1) is 13.4 Å². The van der Waals surface area contributed by atoms with E-state index in [1.807, 2.05) is 0 Å². The molecule has 2 N–H and O–H groups in total. The summed E-state index contributed by atoms with van der Waals surface area (Å²) in [5.41, 5.74) is 0. The number of hydrogen-bond acceptors (Lipinski definition) is 4. The number of unbranched alkanes of at least 4 members (excludes halogenated alkanes) is 6. The van der Waals surface area contributed by atoms with Gasteiger partial charge in [0.2, 0.25) is 0 Å². The van der Waals surface area contributed by atoms with Crippen molar-refractivity contribution in [2.45, 2.75) is 64.4 Å². The average Bonchev–Trinajstić information content (AvgIpc) is 2.35. The van der Waals surface area contributed by atoms with E-state index in [2.05, 4.69) is 11.7 Å². The molecule has 1 unspecified atom stereocenters. The Hall–Kier alpha value is -0.610. The van der Waals surface area contributed by atoms with Crippen LogP contribution in [0.5, 0.6) is 0 Å². The van der Waals surface area contributed by atoms with Crippen LogP contribution in [-0.4, -0.2) is 35.4 Å². The second kappa shape index (κ2) is 11.9. The monoisotopic (exact) mass is 251 g/mol. The highest BCUT2D eigenvalue weighted by atomic mass is 16.5. The van der Waals surface area contributed by atoms with Crippen molar-refractivity contribution in [3.8, 4) is 0 Å². The topological polar surface area (TPSA) is 66.8 Å². The fourth-order valence-electron chi connectivity index (χ4n) is 1.41. The molecule has 0 aliphatic rings. The van der Waals surface area contributed by atoms with Gasteiger partial charge in [-0.3, -0.25) is 4.79 Å². The predicted octanol–water partition coefficient (Wildman–Crippen LogP) is 2.02. The second-order valence-corrected chi connectivity index (χ2v) is 3.91. The van der Waals surface area contributed by atoms with Crippen LogP contribution in [0.1, 0.15) is 65.1 Å². The molecule has 0 saturated carbocycles. The SMILES string of the molecule is [2H]C([2H])(O)C([2H])(O)C([2H])([2H])OC(=O)CCCCCCCCC. The number of carbonyl (C=O) groups is 1. The van der Waals surface area contributed by atoms with Crippen LogP contribution in [0.3, 0.4) is 0 Å². The van der Waals surface area contributed by atoms with Gasteiger partial charge in [0.25, 0.3) is 0 Å². The normalized spacial score (nSPS) is 20.3. The molecule has 0 aliphatic carbocycles. The molecule has 0 aromatic heterocycles. The Morgan fingerprint density at radius 2 is 1.88 bits per heavy atom. The molecular formula is C13H26O4. The van der Waals surface area contributed by atoms with E-state index in [0.717, 1.165) is 32.1 Å². The maximum absolute atomic E-state index is 11.5. The van der Waals surface area contributed by atoms with Crippen molar-refractivity contribution in [2.75, 3.05) is 13.1 Å². The number of ether oxygens (including phenoxy) is 1. The average molecular weight is 251 g/mol. The molecule has 0 aliphatic heterocycles. The molecule has 0 aromatic carbocycles. The lowest BCUT2D eigenvalue weighted by atomic mass is 10.1. The molecule has 0 radical (unpaired) electrons. The first kappa shape index (κ1) is 9.34. The van der Waals surface area contributed by atoms with Crippen molar-refractivity contribution in [3.63, 3.8) is 0 Å². The van der Waals surface area contributed by atoms with Gasteiger partial charge >= 0.3 is 5.97 Å². The number of rotatable bonds is 11. The Morgan fingerprint density at radius 1 is 1.29 bits per heavy atom. The van der Waals surface area contributed by atoms with Gasteiger partial charge in [-0.25, -0.2) is 0 Å². The van der Waals surface area contributed by atoms with Crippen LogP contribution in [0.25, 0.3) is 0 Å². The smallest absolute Gasteiger partial charge is 0.305 e. The molecule has 0 bridgehead atoms. The lowest BCUT2D eigenvalue weighted by molar-refractivity contribution is -0.147. The third kappa shape index (κ3) is 11.6. The molecule has 0 saturated heterocycles. The van der Waals surface area contributed by atoms with E-state index in [0.29, 0.717) is 6.42 Å². The molecule has 0 heterocycles. The Morgan fingerprint density at radius 3 is 2.47 bits per heavy atom. The van der Waals surface area contributed by atoms with Gasteiger partial charge in [-0.2, -0.15) is 0 Å². The minimum absolute atomic E-state index is 0.0855. The van der Waals surface area contributed by atoms with E-state index in [-0.39, 0.29) is 6.42 Å². The summed E-state index contributed by atoms with van der Waals surface area (Å²) >= 11 is 0. The van der Waals surface area contributed by atoms with Gasteiger partial charge in [0.1, 0.15) is 12.6 Å². The van der Waals surface area contributed by atoms with E-state index in [1.165, 1.54) is 6.42 Å². The summed E-state index contributed by atoms with van der Waals surface area (Å²) in [6.45, 7) is -4.81. The number of hydrogen-bond donors (Lipinski definition) is 2. The van der Waals surface area contributed by atoms with Crippen LogP contribution in [0.15, 0.2) is 0 Å². The first-order valence-corrected chi connectivity index (χ1v) is 6.12. The Balaban J connectivity index is 4.15. The van der Waals surface area contributed by atoms with E-state index in [9.17, 15) is 9.90 Å². The zero-order chi connectivity index (χ0) is 17.4. The molecule has 17 heavy (non-hydrogen) atoms. The molecule has 102 valence electrons. The Labute approximate surface area is 111 Å². The largest absolute Gasteiger partial charge is 0.463 e. The molecule has 0 spiro atoms. The predicted molar refractivity (Wildman–Crippen MR) is 66.7 cm³/mol. The van der Waals surface area contributed by atoms with Gasteiger partial charge in [-0.15, -0.1) is 0 Å². The van der Waals surface area contributed by atoms with Crippen molar-refractivity contribution >= 4 is 5.97 Å². The maximum atomic E-state index is 11.5. The van der Waals surface area contributed by atoms with E-state index < -0.39 is 25.2 Å². The third-order valence-electron chi connectivity index (χ3n) is 2.35. The molecule has 1 atom stereocenters. The molecule has 0 aromatic rings. The Kier molecular flexibility index (Phi) is 6.52. The summed E-state index contributed by atoms with van der Waals surface area (Å²) in [5, 5.41) is 18.4. The van der Waals surface area contributed by atoms with Crippen molar-refractivity contribution in [2.24, 2.45) is 0 Å². The Bertz CT molecular complexity index is 342. The first-order valence-electron chi connectivity index (χ1n) is 8.62. The van der Waals surface area contributed by atoms with E-state index in [1.54, 1.807) is 0 Å². The molecular weight excluding hydrogens is 220 g/mol. The van der Waals surface area contributed by atoms with Gasteiger partial charge in [-0.05, 0) is 6.42 Å². The van der Waals surface area contributed by atoms with E-state index in [4.69, 9.17) is 12.0 Å². The van der Waals surface area contributed by atoms with Gasteiger partial charge in [0.15, 0.2) is 0 Å². The van der Waals surface area contributed by atoms with Crippen LogP contribution in [0.2, 0.25) is 0 Å². The molecule has 0 fully saturated rings. The van der Waals surface area contributed by atoms with Crippen LogP contribution < -0.4 is 0 Å². The number of esters is 1. The minimum Gasteiger partial charge on any atom is -0.463 e. The fourth-order valence-corrected chi connectivity index (χ4v) is 1.41. The maximum Gasteiger partial charge on any atom is 0.305 e. The summed E-state index contributed by atoms with van der Waals surface area (Å²) in [5.74, 6) is -0.978. The summed E-state index contributed by atoms with van der Waals surface area (Å²) in [7, 11) is 0. The van der Waals surface area contributed by atoms with Gasteiger partial charge in [0, 0.05) is 6.42 Å². The van der Waals surface area contributed by atoms with Gasteiger partial charge in [-0.1, -0.05) is 45.4 Å². The third-order valence-corrected chi connectivity index (χ3v) is 2.35. The van der Waals surface area contributed by atoms with Crippen molar-refractivity contribution in [3.05, 3.63) is 0 Å². The van der Waals surface area contributed by atoms with Crippen molar-refractivity contribution in [1.29, 1.82) is 0 Å². The lowest BCUT2D eigenvalue weighted by Gasteiger charge is -2.08. The van der Waals surface area contributed by atoms with Crippen LogP contribution in [0, 0.1) is 0 Å². The zero-order valence-corrected chi connectivity index (χ0v) is 10.4. The molecule has 0 amide bonds. The van der Waals surface area contributed by atoms with Crippen LogP contribution >= 0.6 is 0 Å². The van der Waals surface area contributed by atoms with Crippen LogP contribution in [0.4, 0.5) is 0 Å². The highest BCUT2D eigenvalue weighted by molar-refractivity contribution is 5.69. The summed E-state index contributed by atoms with van der Waals surface area (Å²) in [6.07, 6.45) is 3.07. The summed E-state index contributed by atoms with van der Waals surface area (Å²) in [4.78, 5) is 11.5. The second-order valence-electron chi connectivity index (χ2n) is 3.91. The highest BCUT2D eigenvalue weighted by Gasteiger charge is 2.07. The molecule has 4 nitrogen and oxygen atoms in total. The van der Waals surface area contributed by atoms with E-state index >= 15 is 0 Å². The standard InChI is InChI=1S/C13H26O4/c1-2-3-4-5-6-7-8-9-13(16)17-11-12(15)10-14/h12,14-15H,2-11H2,1H3/i10D2,11D2,12D. The minimum atomic E-state index is -3.62. The highest BCUT2D eigenvalue weighted by Crippen LogP contribution is 2.08. The van der Waals surface area contributed by atoms with Crippen LogP contribution in [-0.2, 0) is 9.53 Å². The number of carbonyl (C=O) groups excluding carboxylic acids is 1. The zero-order valence-electron chi connectivity index (χ0n) is 15.4.